The lowest BCUT2D eigenvalue weighted by molar-refractivity contribution is -0.305. The van der Waals surface area contributed by atoms with Crippen LogP contribution < -0.4 is 5.11 Å². The molecule has 0 radical (unpaired) electrons. The third kappa shape index (κ3) is 4.22. The van der Waals surface area contributed by atoms with Gasteiger partial charge in [0, 0.05) is 24.5 Å². The van der Waals surface area contributed by atoms with E-state index < -0.39 is 5.97 Å². The van der Waals surface area contributed by atoms with Crippen molar-refractivity contribution in [3.8, 4) is 0 Å². The number of carboxylic acids is 1. The number of hydrogen-bond acceptors (Lipinski definition) is 3. The SMILES string of the molecule is O=C([O-])CCC(=O)N(C1CCCCC1)C1CCCCC1. The van der Waals surface area contributed by atoms with Gasteiger partial charge in [-0.25, -0.2) is 0 Å². The maximum Gasteiger partial charge on any atom is 0.223 e. The molecular weight excluding hydrogens is 254 g/mol. The van der Waals surface area contributed by atoms with Crippen LogP contribution in [0.25, 0.3) is 0 Å². The van der Waals surface area contributed by atoms with Crippen molar-refractivity contribution >= 4 is 11.9 Å². The molecule has 0 aromatic heterocycles. The van der Waals surface area contributed by atoms with Gasteiger partial charge in [0.25, 0.3) is 0 Å². The van der Waals surface area contributed by atoms with Gasteiger partial charge in [0.1, 0.15) is 0 Å². The van der Waals surface area contributed by atoms with E-state index in [1.165, 1.54) is 38.5 Å². The number of carboxylic acid groups (broad SMARTS) is 1. The van der Waals surface area contributed by atoms with Gasteiger partial charge in [-0.05, 0) is 32.1 Å². The summed E-state index contributed by atoms with van der Waals surface area (Å²) in [6.45, 7) is 0. The molecule has 0 aromatic rings. The van der Waals surface area contributed by atoms with E-state index in [1.54, 1.807) is 0 Å². The second kappa shape index (κ2) is 7.65. The molecule has 0 atom stereocenters. The topological polar surface area (TPSA) is 60.4 Å². The highest BCUT2D eigenvalue weighted by molar-refractivity contribution is 5.80. The summed E-state index contributed by atoms with van der Waals surface area (Å²) in [5, 5.41) is 10.6. The van der Waals surface area contributed by atoms with E-state index in [4.69, 9.17) is 0 Å². The van der Waals surface area contributed by atoms with Crippen LogP contribution in [-0.4, -0.2) is 28.9 Å². The Bertz CT molecular complexity index is 313. The van der Waals surface area contributed by atoms with Gasteiger partial charge in [0.15, 0.2) is 0 Å². The monoisotopic (exact) mass is 280 g/mol. The van der Waals surface area contributed by atoms with Crippen molar-refractivity contribution in [2.45, 2.75) is 89.1 Å². The molecule has 2 fully saturated rings. The highest BCUT2D eigenvalue weighted by atomic mass is 16.4. The fraction of sp³-hybridized carbons (Fsp3) is 0.875. The van der Waals surface area contributed by atoms with Crippen LogP contribution in [0.2, 0.25) is 0 Å². The van der Waals surface area contributed by atoms with E-state index in [0.29, 0.717) is 12.1 Å². The number of carbonyl (C=O) groups excluding carboxylic acids is 2. The van der Waals surface area contributed by atoms with Gasteiger partial charge in [-0.2, -0.15) is 0 Å². The first-order valence-corrected chi connectivity index (χ1v) is 8.19. The molecule has 4 nitrogen and oxygen atoms in total. The Morgan fingerprint density at radius 2 is 1.25 bits per heavy atom. The lowest BCUT2D eigenvalue weighted by atomic mass is 9.88. The van der Waals surface area contributed by atoms with Crippen LogP contribution in [0.3, 0.4) is 0 Å². The van der Waals surface area contributed by atoms with Crippen molar-refractivity contribution in [3.05, 3.63) is 0 Å². The van der Waals surface area contributed by atoms with Crippen molar-refractivity contribution in [2.75, 3.05) is 0 Å². The quantitative estimate of drug-likeness (QED) is 0.774. The third-order valence-electron chi connectivity index (χ3n) is 4.77. The minimum atomic E-state index is -1.12. The number of carbonyl (C=O) groups is 2. The Kier molecular flexibility index (Phi) is 5.86. The van der Waals surface area contributed by atoms with Gasteiger partial charge in [0.05, 0.1) is 0 Å². The molecule has 0 spiro atoms. The highest BCUT2D eigenvalue weighted by Gasteiger charge is 2.31. The number of amides is 1. The molecule has 0 bridgehead atoms. The van der Waals surface area contributed by atoms with Crippen LogP contribution in [0.4, 0.5) is 0 Å². The Morgan fingerprint density at radius 1 is 0.800 bits per heavy atom. The summed E-state index contributed by atoms with van der Waals surface area (Å²) in [6.07, 6.45) is 11.6. The molecule has 0 aromatic carbocycles. The van der Waals surface area contributed by atoms with E-state index in [9.17, 15) is 14.7 Å². The van der Waals surface area contributed by atoms with Crippen molar-refractivity contribution in [2.24, 2.45) is 0 Å². The minimum absolute atomic E-state index is 0.0352. The average molecular weight is 280 g/mol. The van der Waals surface area contributed by atoms with Crippen molar-refractivity contribution in [1.29, 1.82) is 0 Å². The zero-order chi connectivity index (χ0) is 14.4. The molecule has 0 saturated heterocycles. The van der Waals surface area contributed by atoms with Crippen molar-refractivity contribution < 1.29 is 14.7 Å². The van der Waals surface area contributed by atoms with Crippen LogP contribution in [0.5, 0.6) is 0 Å². The molecule has 20 heavy (non-hydrogen) atoms. The Labute approximate surface area is 121 Å². The predicted octanol–water partition coefficient (Wildman–Crippen LogP) is 2.01. The smallest absolute Gasteiger partial charge is 0.223 e. The summed E-state index contributed by atoms with van der Waals surface area (Å²) < 4.78 is 0. The van der Waals surface area contributed by atoms with Crippen LogP contribution in [0.15, 0.2) is 0 Å². The molecule has 1 amide bonds. The Hall–Kier alpha value is -1.06. The second-order valence-corrected chi connectivity index (χ2v) is 6.26. The molecule has 4 heteroatoms. The predicted molar refractivity (Wildman–Crippen MR) is 74.8 cm³/mol. The van der Waals surface area contributed by atoms with Crippen LogP contribution >= 0.6 is 0 Å². The molecule has 0 aliphatic heterocycles. The van der Waals surface area contributed by atoms with Crippen LogP contribution in [0, 0.1) is 0 Å². The molecule has 0 unspecified atom stereocenters. The third-order valence-corrected chi connectivity index (χ3v) is 4.77. The largest absolute Gasteiger partial charge is 0.550 e. The molecule has 2 rings (SSSR count). The van der Waals surface area contributed by atoms with Crippen molar-refractivity contribution in [3.63, 3.8) is 0 Å². The maximum absolute atomic E-state index is 12.5. The minimum Gasteiger partial charge on any atom is -0.550 e. The molecular formula is C16H26NO3-. The molecule has 0 heterocycles. The normalized spacial score (nSPS) is 21.6. The number of rotatable bonds is 5. The highest BCUT2D eigenvalue weighted by Crippen LogP contribution is 2.30. The van der Waals surface area contributed by atoms with E-state index >= 15 is 0 Å². The maximum atomic E-state index is 12.5. The zero-order valence-corrected chi connectivity index (χ0v) is 12.3. The van der Waals surface area contributed by atoms with Crippen LogP contribution in [0.1, 0.15) is 77.0 Å². The standard InChI is InChI=1S/C16H27NO3/c18-15(11-12-16(19)20)17(13-7-3-1-4-8-13)14-9-5-2-6-10-14/h13-14H,1-12H2,(H,19,20)/p-1. The lowest BCUT2D eigenvalue weighted by Crippen LogP contribution is -2.49. The summed E-state index contributed by atoms with van der Waals surface area (Å²) in [4.78, 5) is 25.1. The van der Waals surface area contributed by atoms with E-state index in [2.05, 4.69) is 4.90 Å². The Balaban J connectivity index is 2.01. The molecule has 2 aliphatic carbocycles. The zero-order valence-electron chi connectivity index (χ0n) is 12.3. The Morgan fingerprint density at radius 3 is 1.65 bits per heavy atom. The molecule has 2 saturated carbocycles. The second-order valence-electron chi connectivity index (χ2n) is 6.26. The first-order chi connectivity index (χ1) is 9.68. The summed E-state index contributed by atoms with van der Waals surface area (Å²) in [6, 6.07) is 0.696. The fourth-order valence-electron chi connectivity index (χ4n) is 3.76. The van der Waals surface area contributed by atoms with Gasteiger partial charge >= 0.3 is 0 Å². The van der Waals surface area contributed by atoms with Gasteiger partial charge in [-0.15, -0.1) is 0 Å². The van der Waals surface area contributed by atoms with Crippen molar-refractivity contribution in [1.82, 2.24) is 4.90 Å². The molecule has 2 aliphatic rings. The average Bonchev–Trinajstić information content (AvgIpc) is 2.48. The first-order valence-electron chi connectivity index (χ1n) is 8.19. The van der Waals surface area contributed by atoms with E-state index in [0.717, 1.165) is 25.7 Å². The molecule has 0 N–H and O–H groups in total. The molecule has 114 valence electrons. The summed E-state index contributed by atoms with van der Waals surface area (Å²) in [5.74, 6) is -1.08. The van der Waals surface area contributed by atoms with E-state index in [-0.39, 0.29) is 18.7 Å². The summed E-state index contributed by atoms with van der Waals surface area (Å²) in [7, 11) is 0. The fourth-order valence-corrected chi connectivity index (χ4v) is 3.76. The summed E-state index contributed by atoms with van der Waals surface area (Å²) >= 11 is 0. The van der Waals surface area contributed by atoms with Gasteiger partial charge < -0.3 is 14.8 Å². The van der Waals surface area contributed by atoms with Gasteiger partial charge in [-0.1, -0.05) is 38.5 Å². The number of nitrogens with zero attached hydrogens (tertiary/aromatic N) is 1. The van der Waals surface area contributed by atoms with Crippen LogP contribution in [-0.2, 0) is 9.59 Å². The number of aliphatic carboxylic acids is 1. The number of hydrogen-bond donors (Lipinski definition) is 0. The van der Waals surface area contributed by atoms with Gasteiger partial charge in [-0.3, -0.25) is 4.79 Å². The lowest BCUT2D eigenvalue weighted by Gasteiger charge is -2.42. The first kappa shape index (κ1) is 15.3. The van der Waals surface area contributed by atoms with Gasteiger partial charge in [0.2, 0.25) is 5.91 Å². The van der Waals surface area contributed by atoms with E-state index in [1.807, 2.05) is 0 Å². The summed E-state index contributed by atoms with van der Waals surface area (Å²) in [5.41, 5.74) is 0.